The largest absolute Gasteiger partial charge is 0.573 e. The fourth-order valence-electron chi connectivity index (χ4n) is 8.14. The second-order valence-corrected chi connectivity index (χ2v) is 12.6. The minimum Gasteiger partial charge on any atom is -0.508 e. The second-order valence-electron chi connectivity index (χ2n) is 12.6. The maximum absolute atomic E-state index is 14.4. The van der Waals surface area contributed by atoms with Gasteiger partial charge in [0, 0.05) is 23.6 Å². The molecule has 2 aliphatic carbocycles. The Morgan fingerprint density at radius 1 is 0.896 bits per heavy atom. The molecule has 0 spiro atoms. The van der Waals surface area contributed by atoms with Gasteiger partial charge in [0.2, 0.25) is 23.6 Å². The number of hydrogen-bond donors (Lipinski definition) is 1. The summed E-state index contributed by atoms with van der Waals surface area (Å²) < 4.78 is 44.0. The van der Waals surface area contributed by atoms with Gasteiger partial charge in [0.1, 0.15) is 11.5 Å². The van der Waals surface area contributed by atoms with Gasteiger partial charge in [0.15, 0.2) is 0 Å². The molecule has 48 heavy (non-hydrogen) atoms. The summed E-state index contributed by atoms with van der Waals surface area (Å²) in [5, 5.41) is 22.6. The van der Waals surface area contributed by atoms with E-state index in [0.29, 0.717) is 5.57 Å². The number of allylic oxidation sites excluding steroid dienone is 2. The lowest BCUT2D eigenvalue weighted by Gasteiger charge is -2.49. The average Bonchev–Trinajstić information content (AvgIpc) is 3.41. The number of rotatable bonds is 5. The van der Waals surface area contributed by atoms with Gasteiger partial charge in [-0.2, -0.15) is 0 Å². The first-order chi connectivity index (χ1) is 22.7. The molecule has 14 heteroatoms. The van der Waals surface area contributed by atoms with Crippen LogP contribution in [0.1, 0.15) is 31.2 Å². The number of ether oxygens (including phenoxy) is 1. The standard InChI is InChI=1S/C34H26F3N3O8/c1-33-25(30(43)39(32(33)45)17-6-3-2-4-7-17)16-23-21(28(33)24-15-20(10-13-26(24)41)48-34(35,36)37)11-12-22-27(23)31(44)38(29(22)42)18-8-5-9-19(14-18)40(46)47/h2-11,13-15,22-23,25,27-28,41H,12,16H2,1H3/t22-,23+,25-,27-,28+,33+/m0/s1. The maximum atomic E-state index is 14.4. The Morgan fingerprint density at radius 2 is 1.60 bits per heavy atom. The van der Waals surface area contributed by atoms with Crippen LogP contribution in [-0.4, -0.2) is 40.0 Å². The van der Waals surface area contributed by atoms with Crippen molar-refractivity contribution in [2.45, 2.75) is 32.0 Å². The van der Waals surface area contributed by atoms with Gasteiger partial charge < -0.3 is 9.84 Å². The van der Waals surface area contributed by atoms with Crippen LogP contribution in [-0.2, 0) is 19.2 Å². The van der Waals surface area contributed by atoms with Gasteiger partial charge in [-0.05, 0) is 62.1 Å². The van der Waals surface area contributed by atoms with E-state index in [1.54, 1.807) is 36.4 Å². The van der Waals surface area contributed by atoms with Gasteiger partial charge >= 0.3 is 6.36 Å². The van der Waals surface area contributed by atoms with Crippen molar-refractivity contribution in [2.24, 2.45) is 29.1 Å². The molecule has 7 rings (SSSR count). The third-order valence-electron chi connectivity index (χ3n) is 10.1. The Kier molecular flexibility index (Phi) is 6.97. The van der Waals surface area contributed by atoms with Crippen molar-refractivity contribution in [1.82, 2.24) is 0 Å². The zero-order valence-corrected chi connectivity index (χ0v) is 25.1. The molecule has 0 bridgehead atoms. The molecule has 2 heterocycles. The highest BCUT2D eigenvalue weighted by Gasteiger charge is 2.68. The fourth-order valence-corrected chi connectivity index (χ4v) is 8.14. The van der Waals surface area contributed by atoms with Crippen LogP contribution >= 0.6 is 0 Å². The quantitative estimate of drug-likeness (QED) is 0.160. The van der Waals surface area contributed by atoms with Crippen LogP contribution in [0.4, 0.5) is 30.2 Å². The average molecular weight is 662 g/mol. The van der Waals surface area contributed by atoms with Crippen molar-refractivity contribution >= 4 is 40.7 Å². The molecule has 2 aliphatic heterocycles. The van der Waals surface area contributed by atoms with E-state index >= 15 is 0 Å². The third-order valence-corrected chi connectivity index (χ3v) is 10.1. The van der Waals surface area contributed by atoms with E-state index in [9.17, 15) is 47.6 Å². The number of anilines is 2. The van der Waals surface area contributed by atoms with Gasteiger partial charge in [0.25, 0.3) is 5.69 Å². The molecule has 0 unspecified atom stereocenters. The van der Waals surface area contributed by atoms with E-state index in [0.717, 1.165) is 34.1 Å². The van der Waals surface area contributed by atoms with Gasteiger partial charge in [-0.25, -0.2) is 9.80 Å². The predicted octanol–water partition coefficient (Wildman–Crippen LogP) is 5.63. The number of non-ortho nitro benzene ring substituents is 1. The summed E-state index contributed by atoms with van der Waals surface area (Å²) in [6.45, 7) is 1.53. The summed E-state index contributed by atoms with van der Waals surface area (Å²) in [7, 11) is 0. The third kappa shape index (κ3) is 4.57. The molecule has 3 fully saturated rings. The number of nitrogens with zero attached hydrogens (tertiary/aromatic N) is 3. The molecular weight excluding hydrogens is 635 g/mol. The number of carbonyl (C=O) groups excluding carboxylic acids is 4. The molecular formula is C34H26F3N3O8. The second kappa shape index (κ2) is 10.8. The molecule has 4 aliphatic rings. The number of halogens is 3. The van der Waals surface area contributed by atoms with Crippen molar-refractivity contribution in [2.75, 3.05) is 9.80 Å². The van der Waals surface area contributed by atoms with Crippen LogP contribution < -0.4 is 14.5 Å². The van der Waals surface area contributed by atoms with Crippen LogP contribution in [0.25, 0.3) is 0 Å². The lowest BCUT2D eigenvalue weighted by molar-refractivity contribution is -0.384. The number of nitro groups is 1. The van der Waals surface area contributed by atoms with Crippen molar-refractivity contribution < 1.29 is 47.1 Å². The summed E-state index contributed by atoms with van der Waals surface area (Å²) in [5.41, 5.74) is -1.36. The predicted molar refractivity (Wildman–Crippen MR) is 161 cm³/mol. The monoisotopic (exact) mass is 661 g/mol. The SMILES string of the molecule is C[C@@]12C(=O)N(c3ccccc3)C(=O)[C@@H]1C[C@@H]1C(=CC[C@@H]3C(=O)N(c4cccc([N+](=O)[O-])c4)C(=O)[C@@H]31)[C@@H]2c1cc(OC(F)(F)F)ccc1O. The molecule has 1 saturated carbocycles. The number of phenols is 1. The molecule has 3 aromatic rings. The summed E-state index contributed by atoms with van der Waals surface area (Å²) in [6, 6.07) is 16.1. The van der Waals surface area contributed by atoms with Crippen molar-refractivity contribution in [1.29, 1.82) is 0 Å². The number of para-hydroxylation sites is 1. The Labute approximate surface area is 270 Å². The topological polar surface area (TPSA) is 147 Å². The van der Waals surface area contributed by atoms with Crippen LogP contribution in [0.5, 0.6) is 11.5 Å². The maximum Gasteiger partial charge on any atom is 0.573 e. The number of imide groups is 2. The van der Waals surface area contributed by atoms with Gasteiger partial charge in [-0.1, -0.05) is 35.9 Å². The highest BCUT2D eigenvalue weighted by Crippen LogP contribution is 2.64. The van der Waals surface area contributed by atoms with E-state index in [1.165, 1.54) is 25.1 Å². The fraction of sp³-hybridized carbons (Fsp3) is 0.294. The zero-order valence-electron chi connectivity index (χ0n) is 25.1. The van der Waals surface area contributed by atoms with E-state index < -0.39 is 81.4 Å². The summed E-state index contributed by atoms with van der Waals surface area (Å²) in [5.74, 6) is -8.67. The van der Waals surface area contributed by atoms with E-state index in [1.807, 2.05) is 0 Å². The van der Waals surface area contributed by atoms with Gasteiger partial charge in [-0.15, -0.1) is 13.2 Å². The number of phenolic OH excluding ortho intramolecular Hbond substituents is 1. The molecule has 246 valence electrons. The highest BCUT2D eigenvalue weighted by atomic mass is 19.4. The van der Waals surface area contributed by atoms with Gasteiger partial charge in [-0.3, -0.25) is 29.3 Å². The number of alkyl halides is 3. The molecule has 11 nitrogen and oxygen atoms in total. The number of nitro benzene ring substituents is 1. The Balaban J connectivity index is 1.38. The molecule has 1 N–H and O–H groups in total. The van der Waals surface area contributed by atoms with Crippen LogP contribution in [0, 0.1) is 39.2 Å². The first-order valence-electron chi connectivity index (χ1n) is 15.1. The van der Waals surface area contributed by atoms with Crippen LogP contribution in [0.15, 0.2) is 84.4 Å². The number of benzene rings is 3. The van der Waals surface area contributed by atoms with Gasteiger partial charge in [0.05, 0.1) is 39.5 Å². The van der Waals surface area contributed by atoms with Crippen molar-refractivity contribution in [3.63, 3.8) is 0 Å². The number of carbonyl (C=O) groups is 4. The minimum absolute atomic E-state index is 0.00404. The lowest BCUT2D eigenvalue weighted by Crippen LogP contribution is -2.49. The van der Waals surface area contributed by atoms with Crippen LogP contribution in [0.2, 0.25) is 0 Å². The number of aromatic hydroxyl groups is 1. The van der Waals surface area contributed by atoms with Crippen LogP contribution in [0.3, 0.4) is 0 Å². The Bertz CT molecular complexity index is 1950. The highest BCUT2D eigenvalue weighted by molar-refractivity contribution is 6.25. The summed E-state index contributed by atoms with van der Waals surface area (Å²) >= 11 is 0. The first-order valence-corrected chi connectivity index (χ1v) is 15.1. The van der Waals surface area contributed by atoms with E-state index in [4.69, 9.17) is 0 Å². The smallest absolute Gasteiger partial charge is 0.508 e. The normalized spacial score (nSPS) is 28.2. The Hall–Kier alpha value is -5.53. The number of amides is 4. The van der Waals surface area contributed by atoms with E-state index in [-0.39, 0.29) is 35.5 Å². The summed E-state index contributed by atoms with van der Waals surface area (Å²) in [4.78, 5) is 69.2. The molecule has 3 aromatic carbocycles. The molecule has 0 radical (unpaired) electrons. The number of hydrogen-bond acceptors (Lipinski definition) is 8. The van der Waals surface area contributed by atoms with Crippen molar-refractivity contribution in [3.8, 4) is 11.5 Å². The number of fused-ring (bicyclic) bond motifs is 4. The van der Waals surface area contributed by atoms with Crippen molar-refractivity contribution in [3.05, 3.63) is 100 Å². The lowest BCUT2D eigenvalue weighted by atomic mass is 9.51. The minimum atomic E-state index is -5.07. The molecule has 2 saturated heterocycles. The molecule has 4 amide bonds. The first kappa shape index (κ1) is 31.1. The van der Waals surface area contributed by atoms with E-state index in [2.05, 4.69) is 4.74 Å². The summed E-state index contributed by atoms with van der Waals surface area (Å²) in [6.07, 6.45) is -3.44. The Morgan fingerprint density at radius 3 is 2.29 bits per heavy atom. The zero-order chi connectivity index (χ0) is 34.3. The molecule has 0 aromatic heterocycles. The molecule has 6 atom stereocenters.